The second-order valence-electron chi connectivity index (χ2n) is 4.44. The highest BCUT2D eigenvalue weighted by atomic mass is 16.5. The molecule has 0 fully saturated rings. The van der Waals surface area contributed by atoms with E-state index >= 15 is 0 Å². The van der Waals surface area contributed by atoms with E-state index < -0.39 is 0 Å². The third-order valence-corrected chi connectivity index (χ3v) is 3.19. The predicted octanol–water partition coefficient (Wildman–Crippen LogP) is 4.69. The van der Waals surface area contributed by atoms with E-state index in [-0.39, 0.29) is 0 Å². The van der Waals surface area contributed by atoms with Gasteiger partial charge in [-0.05, 0) is 24.0 Å². The van der Waals surface area contributed by atoms with Gasteiger partial charge in [-0.2, -0.15) is 0 Å². The molecule has 0 spiro atoms. The molecule has 0 N–H and O–H groups in total. The first-order valence-electron chi connectivity index (χ1n) is 6.40. The van der Waals surface area contributed by atoms with Gasteiger partial charge in [-0.15, -0.1) is 6.58 Å². The quantitative estimate of drug-likeness (QED) is 0.664. The molecule has 90 valence electrons. The number of fused-ring (bicyclic) bond motifs is 1. The van der Waals surface area contributed by atoms with Crippen LogP contribution >= 0.6 is 0 Å². The van der Waals surface area contributed by atoms with Crippen molar-refractivity contribution in [1.82, 2.24) is 0 Å². The van der Waals surface area contributed by atoms with Crippen molar-refractivity contribution in [2.24, 2.45) is 0 Å². The Kier molecular flexibility index (Phi) is 4.03. The van der Waals surface area contributed by atoms with Crippen LogP contribution in [0.2, 0.25) is 0 Å². The van der Waals surface area contributed by atoms with Gasteiger partial charge < -0.3 is 4.74 Å². The van der Waals surface area contributed by atoms with Crippen LogP contribution in [-0.2, 0) is 11.3 Å². The van der Waals surface area contributed by atoms with Crippen LogP contribution in [-0.4, -0.2) is 0 Å². The van der Waals surface area contributed by atoms with Gasteiger partial charge in [0.2, 0.25) is 0 Å². The van der Waals surface area contributed by atoms with Crippen LogP contribution in [0.25, 0.3) is 5.57 Å². The largest absolute Gasteiger partial charge is 0.493 e. The second-order valence-corrected chi connectivity index (χ2v) is 4.44. The van der Waals surface area contributed by atoms with E-state index in [0.29, 0.717) is 0 Å². The van der Waals surface area contributed by atoms with Crippen LogP contribution in [0, 0.1) is 0 Å². The SMILES string of the molecule is C=CCC1=C(CCCC)OCc2ccccc21. The Morgan fingerprint density at radius 1 is 1.35 bits per heavy atom. The molecule has 0 atom stereocenters. The van der Waals surface area contributed by atoms with Crippen molar-refractivity contribution >= 4 is 5.57 Å². The molecule has 0 unspecified atom stereocenters. The molecule has 0 radical (unpaired) electrons. The zero-order chi connectivity index (χ0) is 12.1. The summed E-state index contributed by atoms with van der Waals surface area (Å²) in [6.07, 6.45) is 6.31. The molecule has 0 amide bonds. The predicted molar refractivity (Wildman–Crippen MR) is 72.5 cm³/mol. The molecule has 1 aromatic carbocycles. The first-order valence-corrected chi connectivity index (χ1v) is 6.40. The summed E-state index contributed by atoms with van der Waals surface area (Å²) in [5.74, 6) is 1.17. The monoisotopic (exact) mass is 228 g/mol. The zero-order valence-electron chi connectivity index (χ0n) is 10.5. The Bertz CT molecular complexity index is 429. The van der Waals surface area contributed by atoms with E-state index in [1.165, 1.54) is 35.3 Å². The minimum Gasteiger partial charge on any atom is -0.493 e. The second kappa shape index (κ2) is 5.72. The average molecular weight is 228 g/mol. The van der Waals surface area contributed by atoms with Gasteiger partial charge in [-0.3, -0.25) is 0 Å². The molecule has 0 aromatic heterocycles. The average Bonchev–Trinajstić information content (AvgIpc) is 2.38. The van der Waals surface area contributed by atoms with Crippen molar-refractivity contribution in [2.75, 3.05) is 0 Å². The van der Waals surface area contributed by atoms with Crippen LogP contribution in [0.3, 0.4) is 0 Å². The van der Waals surface area contributed by atoms with E-state index in [1.807, 2.05) is 6.08 Å². The standard InChI is InChI=1S/C16H20O/c1-3-5-11-16-15(8-4-2)14-10-7-6-9-13(14)12-17-16/h4,6-7,9-10H,2-3,5,8,11-12H2,1H3. The zero-order valence-corrected chi connectivity index (χ0v) is 10.5. The topological polar surface area (TPSA) is 9.23 Å². The maximum Gasteiger partial charge on any atom is 0.113 e. The van der Waals surface area contributed by atoms with Crippen molar-refractivity contribution in [2.45, 2.75) is 39.2 Å². The molecule has 0 aliphatic carbocycles. The van der Waals surface area contributed by atoms with Gasteiger partial charge in [0.25, 0.3) is 0 Å². The van der Waals surface area contributed by atoms with E-state index in [9.17, 15) is 0 Å². The summed E-state index contributed by atoms with van der Waals surface area (Å²) in [5, 5.41) is 0. The van der Waals surface area contributed by atoms with Gasteiger partial charge in [0.1, 0.15) is 12.4 Å². The van der Waals surface area contributed by atoms with Crippen molar-refractivity contribution in [3.05, 3.63) is 53.8 Å². The fourth-order valence-corrected chi connectivity index (χ4v) is 2.27. The lowest BCUT2D eigenvalue weighted by atomic mass is 9.93. The summed E-state index contributed by atoms with van der Waals surface area (Å²) in [6, 6.07) is 8.52. The van der Waals surface area contributed by atoms with E-state index in [1.54, 1.807) is 0 Å². The number of benzene rings is 1. The van der Waals surface area contributed by atoms with Crippen LogP contribution < -0.4 is 0 Å². The minimum atomic E-state index is 0.718. The van der Waals surface area contributed by atoms with Gasteiger partial charge in [-0.1, -0.05) is 43.7 Å². The Morgan fingerprint density at radius 3 is 2.94 bits per heavy atom. The van der Waals surface area contributed by atoms with Gasteiger partial charge in [0.15, 0.2) is 0 Å². The maximum absolute atomic E-state index is 5.90. The maximum atomic E-state index is 5.90. The highest BCUT2D eigenvalue weighted by Crippen LogP contribution is 2.34. The molecule has 17 heavy (non-hydrogen) atoms. The van der Waals surface area contributed by atoms with Gasteiger partial charge in [-0.25, -0.2) is 0 Å². The van der Waals surface area contributed by atoms with Crippen LogP contribution in [0.5, 0.6) is 0 Å². The van der Waals surface area contributed by atoms with Crippen LogP contribution in [0.1, 0.15) is 43.7 Å². The van der Waals surface area contributed by atoms with Gasteiger partial charge in [0.05, 0.1) is 0 Å². The molecule has 1 heterocycles. The molecule has 0 bridgehead atoms. The highest BCUT2D eigenvalue weighted by molar-refractivity contribution is 5.72. The first kappa shape index (κ1) is 12.0. The summed E-state index contributed by atoms with van der Waals surface area (Å²) in [6.45, 7) is 6.78. The summed E-state index contributed by atoms with van der Waals surface area (Å²) in [4.78, 5) is 0. The fraction of sp³-hybridized carbons (Fsp3) is 0.375. The lowest BCUT2D eigenvalue weighted by molar-refractivity contribution is 0.183. The minimum absolute atomic E-state index is 0.718. The van der Waals surface area contributed by atoms with Gasteiger partial charge >= 0.3 is 0 Å². The third-order valence-electron chi connectivity index (χ3n) is 3.19. The molecular formula is C16H20O. The number of ether oxygens (including phenoxy) is 1. The molecule has 0 saturated heterocycles. The van der Waals surface area contributed by atoms with Crippen molar-refractivity contribution in [1.29, 1.82) is 0 Å². The van der Waals surface area contributed by atoms with E-state index in [4.69, 9.17) is 4.74 Å². The molecule has 1 aromatic rings. The normalized spacial score (nSPS) is 14.2. The Balaban J connectivity index is 2.35. The summed E-state index contributed by atoms with van der Waals surface area (Å²) < 4.78 is 5.90. The lowest BCUT2D eigenvalue weighted by Gasteiger charge is -2.23. The number of allylic oxidation sites excluding steroid dienone is 3. The molecule has 1 aliphatic rings. The van der Waals surface area contributed by atoms with Crippen molar-refractivity contribution in [3.63, 3.8) is 0 Å². The third kappa shape index (κ3) is 2.60. The molecule has 1 nitrogen and oxygen atoms in total. The smallest absolute Gasteiger partial charge is 0.113 e. The van der Waals surface area contributed by atoms with Gasteiger partial charge in [0, 0.05) is 12.0 Å². The first-order chi connectivity index (χ1) is 8.36. The van der Waals surface area contributed by atoms with E-state index in [2.05, 4.69) is 37.8 Å². The molecule has 2 rings (SSSR count). The number of hydrogen-bond acceptors (Lipinski definition) is 1. The summed E-state index contributed by atoms with van der Waals surface area (Å²) in [5.41, 5.74) is 3.98. The molecular weight excluding hydrogens is 208 g/mol. The lowest BCUT2D eigenvalue weighted by Crippen LogP contribution is -2.07. The number of rotatable bonds is 5. The van der Waals surface area contributed by atoms with Crippen LogP contribution in [0.15, 0.2) is 42.7 Å². The molecule has 0 saturated carbocycles. The number of unbranched alkanes of at least 4 members (excludes halogenated alkanes) is 1. The Hall–Kier alpha value is -1.50. The highest BCUT2D eigenvalue weighted by Gasteiger charge is 2.18. The Morgan fingerprint density at radius 2 is 2.18 bits per heavy atom. The summed E-state index contributed by atoms with van der Waals surface area (Å²) in [7, 11) is 0. The number of hydrogen-bond donors (Lipinski definition) is 0. The van der Waals surface area contributed by atoms with Crippen molar-refractivity contribution < 1.29 is 4.74 Å². The van der Waals surface area contributed by atoms with Crippen molar-refractivity contribution in [3.8, 4) is 0 Å². The van der Waals surface area contributed by atoms with Crippen LogP contribution in [0.4, 0.5) is 0 Å². The summed E-state index contributed by atoms with van der Waals surface area (Å²) >= 11 is 0. The molecule has 1 aliphatic heterocycles. The molecule has 1 heteroatoms. The Labute approximate surface area is 104 Å². The van der Waals surface area contributed by atoms with E-state index in [0.717, 1.165) is 19.4 Å². The fourth-order valence-electron chi connectivity index (χ4n) is 2.27.